The van der Waals surface area contributed by atoms with Crippen LogP contribution < -0.4 is 5.43 Å². The molecule has 1 aromatic carbocycles. The number of nitrogens with one attached hydrogen (secondary N) is 1. The molecule has 1 atom stereocenters. The molecule has 0 spiro atoms. The van der Waals surface area contributed by atoms with Crippen LogP contribution in [-0.2, 0) is 6.42 Å². The first-order valence-electron chi connectivity index (χ1n) is 4.80. The van der Waals surface area contributed by atoms with Crippen LogP contribution in [0.5, 0.6) is 0 Å². The van der Waals surface area contributed by atoms with Gasteiger partial charge >= 0.3 is 0 Å². The fourth-order valence-corrected chi connectivity index (χ4v) is 1.39. The molecule has 1 aliphatic rings. The van der Waals surface area contributed by atoms with Crippen molar-refractivity contribution in [2.75, 3.05) is 0 Å². The number of aliphatic hydroxyl groups excluding tert-OH is 2. The summed E-state index contributed by atoms with van der Waals surface area (Å²) < 4.78 is 12.7. The molecule has 2 rings (SSSR count). The van der Waals surface area contributed by atoms with Crippen LogP contribution in [0, 0.1) is 5.82 Å². The lowest BCUT2D eigenvalue weighted by Gasteiger charge is -2.15. The molecule has 0 saturated heterocycles. The third kappa shape index (κ3) is 2.38. The van der Waals surface area contributed by atoms with Gasteiger partial charge in [0.25, 0.3) is 0 Å². The van der Waals surface area contributed by atoms with Crippen molar-refractivity contribution in [1.29, 1.82) is 0 Å². The van der Waals surface area contributed by atoms with Crippen molar-refractivity contribution in [3.63, 3.8) is 0 Å². The van der Waals surface area contributed by atoms with E-state index in [-0.39, 0.29) is 11.6 Å². The molecule has 4 nitrogen and oxygen atoms in total. The maximum atomic E-state index is 12.7. The first kappa shape index (κ1) is 10.6. The Labute approximate surface area is 91.7 Å². The number of nitrogens with zero attached hydrogens (tertiary/aromatic N) is 1. The fraction of sp³-hybridized carbons (Fsp3) is 0.182. The predicted molar refractivity (Wildman–Crippen MR) is 57.4 cm³/mol. The highest BCUT2D eigenvalue weighted by atomic mass is 19.1. The SMILES string of the molecule is OC1=CC(Cc2ccc(F)cc2)=NNC1O. The maximum absolute atomic E-state index is 12.7. The van der Waals surface area contributed by atoms with E-state index in [0.29, 0.717) is 12.1 Å². The standard InChI is InChI=1S/C11H11FN2O2/c12-8-3-1-7(2-4-8)5-9-6-10(15)11(16)14-13-9/h1-4,6,11,14-16H,5H2. The molecule has 0 saturated carbocycles. The van der Waals surface area contributed by atoms with Gasteiger partial charge in [-0.15, -0.1) is 0 Å². The van der Waals surface area contributed by atoms with Crippen LogP contribution in [0.2, 0.25) is 0 Å². The minimum Gasteiger partial charge on any atom is -0.507 e. The van der Waals surface area contributed by atoms with Crippen molar-refractivity contribution in [3.8, 4) is 0 Å². The fourth-order valence-electron chi connectivity index (χ4n) is 1.39. The molecule has 5 heteroatoms. The second kappa shape index (κ2) is 4.32. The molecule has 1 unspecified atom stereocenters. The van der Waals surface area contributed by atoms with Crippen LogP contribution in [0.3, 0.4) is 0 Å². The molecular formula is C11H11FN2O2. The zero-order valence-corrected chi connectivity index (χ0v) is 8.39. The summed E-state index contributed by atoms with van der Waals surface area (Å²) in [5.41, 5.74) is 3.82. The number of hydrogen-bond acceptors (Lipinski definition) is 4. The number of hydrazone groups is 1. The van der Waals surface area contributed by atoms with Crippen molar-refractivity contribution in [1.82, 2.24) is 5.43 Å². The average molecular weight is 222 g/mol. The largest absolute Gasteiger partial charge is 0.507 e. The summed E-state index contributed by atoms with van der Waals surface area (Å²) in [5, 5.41) is 22.3. The number of hydrogen-bond donors (Lipinski definition) is 3. The van der Waals surface area contributed by atoms with Gasteiger partial charge < -0.3 is 10.2 Å². The van der Waals surface area contributed by atoms with E-state index in [1.807, 2.05) is 0 Å². The zero-order chi connectivity index (χ0) is 11.5. The lowest BCUT2D eigenvalue weighted by Crippen LogP contribution is -2.31. The van der Waals surface area contributed by atoms with Gasteiger partial charge in [-0.1, -0.05) is 12.1 Å². The van der Waals surface area contributed by atoms with E-state index in [1.54, 1.807) is 12.1 Å². The highest BCUT2D eigenvalue weighted by Gasteiger charge is 2.14. The topological polar surface area (TPSA) is 64.9 Å². The van der Waals surface area contributed by atoms with Gasteiger partial charge in [0.05, 0.1) is 5.71 Å². The van der Waals surface area contributed by atoms with Crippen LogP contribution in [0.4, 0.5) is 4.39 Å². The van der Waals surface area contributed by atoms with Crippen LogP contribution >= 0.6 is 0 Å². The molecule has 16 heavy (non-hydrogen) atoms. The highest BCUT2D eigenvalue weighted by Crippen LogP contribution is 2.08. The number of aliphatic hydroxyl groups is 2. The Bertz CT molecular complexity index is 440. The van der Waals surface area contributed by atoms with Crippen molar-refractivity contribution in [2.45, 2.75) is 12.6 Å². The number of rotatable bonds is 2. The second-order valence-electron chi connectivity index (χ2n) is 3.51. The van der Waals surface area contributed by atoms with E-state index >= 15 is 0 Å². The smallest absolute Gasteiger partial charge is 0.198 e. The van der Waals surface area contributed by atoms with Crippen LogP contribution in [0.25, 0.3) is 0 Å². The monoisotopic (exact) mass is 222 g/mol. The predicted octanol–water partition coefficient (Wildman–Crippen LogP) is 1.09. The van der Waals surface area contributed by atoms with Gasteiger partial charge in [-0.25, -0.2) is 4.39 Å². The molecule has 0 amide bonds. The third-order valence-electron chi connectivity index (χ3n) is 2.22. The van der Waals surface area contributed by atoms with E-state index in [4.69, 9.17) is 5.11 Å². The summed E-state index contributed by atoms with van der Waals surface area (Å²) in [6.45, 7) is 0. The molecule has 1 aromatic rings. The Kier molecular flexibility index (Phi) is 2.87. The summed E-state index contributed by atoms with van der Waals surface area (Å²) >= 11 is 0. The number of benzene rings is 1. The van der Waals surface area contributed by atoms with E-state index in [9.17, 15) is 9.50 Å². The van der Waals surface area contributed by atoms with Gasteiger partial charge in [0, 0.05) is 12.5 Å². The average Bonchev–Trinajstić information content (AvgIpc) is 2.27. The quantitative estimate of drug-likeness (QED) is 0.701. The van der Waals surface area contributed by atoms with Gasteiger partial charge in [0.1, 0.15) is 11.6 Å². The zero-order valence-electron chi connectivity index (χ0n) is 8.39. The molecule has 1 aliphatic heterocycles. The van der Waals surface area contributed by atoms with E-state index in [0.717, 1.165) is 5.56 Å². The number of halogens is 1. The Hall–Kier alpha value is -1.88. The van der Waals surface area contributed by atoms with Gasteiger partial charge in [-0.05, 0) is 17.7 Å². The molecule has 0 bridgehead atoms. The van der Waals surface area contributed by atoms with E-state index in [2.05, 4.69) is 10.5 Å². The van der Waals surface area contributed by atoms with Crippen molar-refractivity contribution in [3.05, 3.63) is 47.5 Å². The van der Waals surface area contributed by atoms with Gasteiger partial charge in [-0.2, -0.15) is 5.10 Å². The van der Waals surface area contributed by atoms with Crippen LogP contribution in [0.15, 0.2) is 41.2 Å². The van der Waals surface area contributed by atoms with E-state index in [1.165, 1.54) is 18.2 Å². The molecular weight excluding hydrogens is 211 g/mol. The van der Waals surface area contributed by atoms with Crippen molar-refractivity contribution >= 4 is 5.71 Å². The molecule has 3 N–H and O–H groups in total. The summed E-state index contributed by atoms with van der Waals surface area (Å²) in [4.78, 5) is 0. The molecule has 1 heterocycles. The Morgan fingerprint density at radius 2 is 2.00 bits per heavy atom. The molecule has 84 valence electrons. The summed E-state index contributed by atoms with van der Waals surface area (Å²) in [7, 11) is 0. The maximum Gasteiger partial charge on any atom is 0.198 e. The normalized spacial score (nSPS) is 19.8. The van der Waals surface area contributed by atoms with Crippen molar-refractivity contribution in [2.24, 2.45) is 5.10 Å². The van der Waals surface area contributed by atoms with E-state index < -0.39 is 6.23 Å². The molecule has 0 aromatic heterocycles. The summed E-state index contributed by atoms with van der Waals surface area (Å²) in [6, 6.07) is 6.02. The third-order valence-corrected chi connectivity index (χ3v) is 2.22. The lowest BCUT2D eigenvalue weighted by atomic mass is 10.1. The Morgan fingerprint density at radius 3 is 2.62 bits per heavy atom. The highest BCUT2D eigenvalue weighted by molar-refractivity contribution is 5.97. The van der Waals surface area contributed by atoms with Crippen LogP contribution in [0.1, 0.15) is 5.56 Å². The molecule has 0 radical (unpaired) electrons. The van der Waals surface area contributed by atoms with Crippen LogP contribution in [-0.4, -0.2) is 22.2 Å². The minimum absolute atomic E-state index is 0.174. The minimum atomic E-state index is -1.14. The van der Waals surface area contributed by atoms with Gasteiger partial charge in [-0.3, -0.25) is 5.43 Å². The molecule has 0 aliphatic carbocycles. The molecule has 0 fully saturated rings. The number of allylic oxidation sites excluding steroid dienone is 1. The van der Waals surface area contributed by atoms with Gasteiger partial charge in [0.15, 0.2) is 6.23 Å². The Morgan fingerprint density at radius 1 is 1.31 bits per heavy atom. The first-order chi connectivity index (χ1) is 7.65. The summed E-state index contributed by atoms with van der Waals surface area (Å²) in [6.07, 6.45) is 0.714. The summed E-state index contributed by atoms with van der Waals surface area (Å²) in [5.74, 6) is -0.464. The van der Waals surface area contributed by atoms with Gasteiger partial charge in [0.2, 0.25) is 0 Å². The first-order valence-corrected chi connectivity index (χ1v) is 4.80. The van der Waals surface area contributed by atoms with Crippen molar-refractivity contribution < 1.29 is 14.6 Å². The lowest BCUT2D eigenvalue weighted by molar-refractivity contribution is 0.121. The Balaban J connectivity index is 2.09. The second-order valence-corrected chi connectivity index (χ2v) is 3.51.